The zero-order chi connectivity index (χ0) is 14.1. The number of nitrogens with two attached hydrogens (primary N) is 1. The molecule has 100 valence electrons. The molecule has 0 saturated carbocycles. The van der Waals surface area contributed by atoms with Crippen LogP contribution in [0.4, 0.5) is 21.5 Å². The largest absolute Gasteiger partial charge is 0.396 e. The van der Waals surface area contributed by atoms with Gasteiger partial charge in [0.05, 0.1) is 22.6 Å². The van der Waals surface area contributed by atoms with Crippen LogP contribution in [0.2, 0.25) is 0 Å². The van der Waals surface area contributed by atoms with Crippen molar-refractivity contribution in [1.29, 1.82) is 0 Å². The second-order valence-corrected chi connectivity index (χ2v) is 5.20. The van der Waals surface area contributed by atoms with Crippen LogP contribution < -0.4 is 11.1 Å². The number of rotatable bonds is 2. The summed E-state index contributed by atoms with van der Waals surface area (Å²) in [5.74, 6) is -0.309. The van der Waals surface area contributed by atoms with E-state index in [0.29, 0.717) is 11.4 Å². The maximum absolute atomic E-state index is 13.3. The Kier molecular flexibility index (Phi) is 3.28. The molecule has 0 saturated heterocycles. The molecule has 5 heteroatoms. The molecule has 0 amide bonds. The van der Waals surface area contributed by atoms with Gasteiger partial charge in [-0.2, -0.15) is 0 Å². The minimum Gasteiger partial charge on any atom is -0.396 e. The standard InChI is InChI=1S/C15H11BrFN3/c16-11-4-3-9(17)8-14(11)20-13-6-5-12-10(15(13)18)2-1-7-19-12/h1-8,20H,18H2. The SMILES string of the molecule is Nc1c(Nc2cc(F)ccc2Br)ccc2ncccc12. The number of nitrogens with one attached hydrogen (secondary N) is 1. The van der Waals surface area contributed by atoms with Gasteiger partial charge in [-0.15, -0.1) is 0 Å². The Labute approximate surface area is 123 Å². The third-order valence-corrected chi connectivity index (χ3v) is 3.72. The average molecular weight is 332 g/mol. The molecule has 3 N–H and O–H groups in total. The van der Waals surface area contributed by atoms with Crippen molar-refractivity contribution in [2.75, 3.05) is 11.1 Å². The number of nitrogens with zero attached hydrogens (tertiary/aromatic N) is 1. The van der Waals surface area contributed by atoms with Crippen LogP contribution in [0, 0.1) is 5.82 Å². The lowest BCUT2D eigenvalue weighted by Crippen LogP contribution is -1.98. The molecule has 3 rings (SSSR count). The van der Waals surface area contributed by atoms with E-state index in [1.54, 1.807) is 12.3 Å². The topological polar surface area (TPSA) is 50.9 Å². The highest BCUT2D eigenvalue weighted by Gasteiger charge is 2.07. The molecule has 3 nitrogen and oxygen atoms in total. The molecular weight excluding hydrogens is 321 g/mol. The predicted octanol–water partition coefficient (Wildman–Crippen LogP) is 4.46. The lowest BCUT2D eigenvalue weighted by Gasteiger charge is -2.12. The van der Waals surface area contributed by atoms with Gasteiger partial charge in [-0.05, 0) is 58.4 Å². The fraction of sp³-hybridized carbons (Fsp3) is 0. The van der Waals surface area contributed by atoms with Crippen molar-refractivity contribution >= 4 is 43.9 Å². The first-order valence-corrected chi connectivity index (χ1v) is 6.80. The van der Waals surface area contributed by atoms with Crippen molar-refractivity contribution < 1.29 is 4.39 Å². The number of fused-ring (bicyclic) bond motifs is 1. The zero-order valence-corrected chi connectivity index (χ0v) is 12.0. The van der Waals surface area contributed by atoms with Gasteiger partial charge in [-0.3, -0.25) is 4.98 Å². The Morgan fingerprint density at radius 1 is 1.10 bits per heavy atom. The second-order valence-electron chi connectivity index (χ2n) is 4.35. The van der Waals surface area contributed by atoms with Crippen molar-refractivity contribution in [1.82, 2.24) is 4.98 Å². The maximum atomic E-state index is 13.3. The minimum absolute atomic E-state index is 0.309. The molecule has 2 aromatic carbocycles. The highest BCUT2D eigenvalue weighted by molar-refractivity contribution is 9.10. The van der Waals surface area contributed by atoms with Gasteiger partial charge in [0.15, 0.2) is 0 Å². The number of anilines is 3. The van der Waals surface area contributed by atoms with Gasteiger partial charge in [0.1, 0.15) is 5.82 Å². The van der Waals surface area contributed by atoms with E-state index >= 15 is 0 Å². The number of benzene rings is 2. The molecule has 0 bridgehead atoms. The summed E-state index contributed by atoms with van der Waals surface area (Å²) in [6.07, 6.45) is 1.72. The molecule has 0 fully saturated rings. The molecule has 0 unspecified atom stereocenters. The molecule has 0 atom stereocenters. The van der Waals surface area contributed by atoms with Gasteiger partial charge in [-0.25, -0.2) is 4.39 Å². The minimum atomic E-state index is -0.309. The summed E-state index contributed by atoms with van der Waals surface area (Å²) in [6.45, 7) is 0. The molecule has 20 heavy (non-hydrogen) atoms. The first-order chi connectivity index (χ1) is 9.65. The van der Waals surface area contributed by atoms with Crippen molar-refractivity contribution in [2.24, 2.45) is 0 Å². The number of pyridine rings is 1. The molecule has 0 aliphatic rings. The molecule has 0 spiro atoms. The molecule has 0 radical (unpaired) electrons. The van der Waals surface area contributed by atoms with Crippen LogP contribution in [-0.4, -0.2) is 4.98 Å². The smallest absolute Gasteiger partial charge is 0.125 e. The lowest BCUT2D eigenvalue weighted by molar-refractivity contribution is 0.628. The normalized spacial score (nSPS) is 10.7. The van der Waals surface area contributed by atoms with Crippen molar-refractivity contribution in [3.05, 3.63) is 59.0 Å². The summed E-state index contributed by atoms with van der Waals surface area (Å²) in [5.41, 5.74) is 8.90. The molecule has 1 heterocycles. The van der Waals surface area contributed by atoms with E-state index in [1.165, 1.54) is 12.1 Å². The highest BCUT2D eigenvalue weighted by atomic mass is 79.9. The summed E-state index contributed by atoms with van der Waals surface area (Å²) in [5, 5.41) is 4.00. The first-order valence-electron chi connectivity index (χ1n) is 6.00. The summed E-state index contributed by atoms with van der Waals surface area (Å²) in [4.78, 5) is 4.24. The number of aromatic nitrogens is 1. The van der Waals surface area contributed by atoms with Gasteiger partial charge in [0, 0.05) is 16.1 Å². The number of halogens is 2. The Bertz CT molecular complexity index is 789. The van der Waals surface area contributed by atoms with Crippen molar-refractivity contribution in [2.45, 2.75) is 0 Å². The van der Waals surface area contributed by atoms with Crippen molar-refractivity contribution in [3.8, 4) is 0 Å². The fourth-order valence-corrected chi connectivity index (χ4v) is 2.37. The predicted molar refractivity (Wildman–Crippen MR) is 83.5 cm³/mol. The van der Waals surface area contributed by atoms with E-state index in [-0.39, 0.29) is 5.82 Å². The van der Waals surface area contributed by atoms with Crippen LogP contribution in [0.25, 0.3) is 10.9 Å². The molecule has 3 aromatic rings. The van der Waals surface area contributed by atoms with Gasteiger partial charge >= 0.3 is 0 Å². The highest BCUT2D eigenvalue weighted by Crippen LogP contribution is 2.32. The lowest BCUT2D eigenvalue weighted by atomic mass is 10.1. The van der Waals surface area contributed by atoms with Crippen molar-refractivity contribution in [3.63, 3.8) is 0 Å². The van der Waals surface area contributed by atoms with Gasteiger partial charge < -0.3 is 11.1 Å². The van der Waals surface area contributed by atoms with Gasteiger partial charge in [-0.1, -0.05) is 0 Å². The zero-order valence-electron chi connectivity index (χ0n) is 10.4. The average Bonchev–Trinajstić information content (AvgIpc) is 2.46. The fourth-order valence-electron chi connectivity index (χ4n) is 2.02. The van der Waals surface area contributed by atoms with E-state index in [2.05, 4.69) is 26.2 Å². The van der Waals surface area contributed by atoms with Gasteiger partial charge in [0.25, 0.3) is 0 Å². The van der Waals surface area contributed by atoms with Crippen LogP contribution in [-0.2, 0) is 0 Å². The van der Waals surface area contributed by atoms with Crippen LogP contribution in [0.15, 0.2) is 53.1 Å². The molecule has 0 aliphatic heterocycles. The Morgan fingerprint density at radius 2 is 1.95 bits per heavy atom. The quantitative estimate of drug-likeness (QED) is 0.681. The molecular formula is C15H11BrFN3. The van der Waals surface area contributed by atoms with E-state index in [4.69, 9.17) is 5.73 Å². The Hall–Kier alpha value is -2.14. The first kappa shape index (κ1) is 12.9. The number of hydrogen-bond donors (Lipinski definition) is 2. The van der Waals surface area contributed by atoms with Crippen LogP contribution in [0.1, 0.15) is 0 Å². The van der Waals surface area contributed by atoms with Gasteiger partial charge in [0.2, 0.25) is 0 Å². The van der Waals surface area contributed by atoms with E-state index in [9.17, 15) is 4.39 Å². The molecule has 1 aromatic heterocycles. The number of hydrogen-bond acceptors (Lipinski definition) is 3. The number of nitrogen functional groups attached to an aromatic ring is 1. The van der Waals surface area contributed by atoms with E-state index in [1.807, 2.05) is 24.3 Å². The second kappa shape index (κ2) is 5.09. The summed E-state index contributed by atoms with van der Waals surface area (Å²) >= 11 is 3.38. The summed E-state index contributed by atoms with van der Waals surface area (Å²) < 4.78 is 14.1. The van der Waals surface area contributed by atoms with E-state index < -0.39 is 0 Å². The summed E-state index contributed by atoms with van der Waals surface area (Å²) in [6, 6.07) is 11.9. The van der Waals surface area contributed by atoms with Crippen LogP contribution >= 0.6 is 15.9 Å². The summed E-state index contributed by atoms with van der Waals surface area (Å²) in [7, 11) is 0. The van der Waals surface area contributed by atoms with E-state index in [0.717, 1.165) is 21.1 Å². The third kappa shape index (κ3) is 2.32. The maximum Gasteiger partial charge on any atom is 0.125 e. The molecule has 0 aliphatic carbocycles. The third-order valence-electron chi connectivity index (χ3n) is 3.02. The monoisotopic (exact) mass is 331 g/mol. The Morgan fingerprint density at radius 3 is 2.80 bits per heavy atom. The van der Waals surface area contributed by atoms with Crippen LogP contribution in [0.5, 0.6) is 0 Å². The van der Waals surface area contributed by atoms with Crippen LogP contribution in [0.3, 0.4) is 0 Å². The Balaban J connectivity index is 2.07.